The first-order chi connectivity index (χ1) is 18.6. The molecular weight excluding hydrogens is 470 g/mol. The molecule has 0 atom stereocenters. The molecule has 0 radical (unpaired) electrons. The van der Waals surface area contributed by atoms with Crippen molar-refractivity contribution in [3.8, 4) is 0 Å². The monoisotopic (exact) mass is 507 g/mol. The number of allylic oxidation sites excluding steroid dienone is 1. The molecule has 7 heteroatoms. The van der Waals surface area contributed by atoms with E-state index in [1.807, 2.05) is 13.1 Å². The van der Waals surface area contributed by atoms with E-state index in [9.17, 15) is 0 Å². The van der Waals surface area contributed by atoms with E-state index < -0.39 is 0 Å². The van der Waals surface area contributed by atoms with Gasteiger partial charge in [-0.05, 0) is 106 Å². The number of aromatic nitrogens is 3. The molecule has 2 aromatic heterocycles. The van der Waals surface area contributed by atoms with Crippen LogP contribution < -0.4 is 16.0 Å². The molecule has 3 aliphatic rings. The molecule has 38 heavy (non-hydrogen) atoms. The van der Waals surface area contributed by atoms with Gasteiger partial charge in [-0.25, -0.2) is 9.97 Å². The lowest BCUT2D eigenvalue weighted by molar-refractivity contribution is 0.203. The minimum atomic E-state index is 0.654. The third-order valence-electron chi connectivity index (χ3n) is 7.83. The van der Waals surface area contributed by atoms with E-state index in [0.717, 1.165) is 52.3 Å². The Hall–Kier alpha value is -3.71. The average Bonchev–Trinajstić information content (AvgIpc) is 3.76. The number of hydrogen-bond donors (Lipinski definition) is 3. The molecule has 0 amide bonds. The molecule has 2 fully saturated rings. The van der Waals surface area contributed by atoms with Crippen LogP contribution in [0.4, 0.5) is 23.1 Å². The first-order valence-electron chi connectivity index (χ1n) is 13.9. The van der Waals surface area contributed by atoms with Gasteiger partial charge < -0.3 is 20.9 Å². The molecule has 4 heterocycles. The Morgan fingerprint density at radius 1 is 1.00 bits per heavy atom. The number of rotatable bonds is 7. The fourth-order valence-corrected chi connectivity index (χ4v) is 5.74. The van der Waals surface area contributed by atoms with Crippen LogP contribution in [-0.2, 0) is 0 Å². The van der Waals surface area contributed by atoms with Crippen molar-refractivity contribution in [3.05, 3.63) is 76.9 Å². The van der Waals surface area contributed by atoms with Crippen LogP contribution in [0.3, 0.4) is 0 Å². The molecule has 2 aliphatic heterocycles. The van der Waals surface area contributed by atoms with E-state index in [1.54, 1.807) is 12.4 Å². The van der Waals surface area contributed by atoms with E-state index in [0.29, 0.717) is 11.7 Å². The van der Waals surface area contributed by atoms with Crippen LogP contribution in [0, 0.1) is 13.8 Å². The summed E-state index contributed by atoms with van der Waals surface area (Å²) in [5.74, 6) is 2.86. The van der Waals surface area contributed by atoms with E-state index >= 15 is 0 Å². The van der Waals surface area contributed by atoms with E-state index in [4.69, 9.17) is 4.98 Å². The minimum Gasteiger partial charge on any atom is -0.361 e. The van der Waals surface area contributed by atoms with Gasteiger partial charge in [0.25, 0.3) is 0 Å². The molecule has 0 bridgehead atoms. The smallest absolute Gasteiger partial charge is 0.150 e. The predicted octanol–water partition coefficient (Wildman–Crippen LogP) is 6.64. The molecule has 0 spiro atoms. The maximum Gasteiger partial charge on any atom is 0.150 e. The van der Waals surface area contributed by atoms with Gasteiger partial charge in [-0.15, -0.1) is 0 Å². The van der Waals surface area contributed by atoms with Crippen LogP contribution in [0.2, 0.25) is 0 Å². The Morgan fingerprint density at radius 3 is 2.55 bits per heavy atom. The summed E-state index contributed by atoms with van der Waals surface area (Å²) in [5, 5.41) is 10.4. The summed E-state index contributed by atoms with van der Waals surface area (Å²) in [4.78, 5) is 16.5. The van der Waals surface area contributed by atoms with Crippen LogP contribution in [-0.4, -0.2) is 39.0 Å². The zero-order valence-corrected chi connectivity index (χ0v) is 22.6. The fourth-order valence-electron chi connectivity index (χ4n) is 5.74. The Morgan fingerprint density at radius 2 is 1.84 bits per heavy atom. The third-order valence-corrected chi connectivity index (χ3v) is 7.83. The number of nitrogens with one attached hydrogen (secondary N) is 3. The second-order valence-electron chi connectivity index (χ2n) is 10.7. The number of anilines is 4. The van der Waals surface area contributed by atoms with Gasteiger partial charge in [0, 0.05) is 29.2 Å². The zero-order chi connectivity index (χ0) is 26.1. The summed E-state index contributed by atoms with van der Waals surface area (Å²) in [5.41, 5.74) is 8.01. The Bertz CT molecular complexity index is 1360. The molecule has 1 aromatic carbocycles. The van der Waals surface area contributed by atoms with Crippen molar-refractivity contribution >= 4 is 34.9 Å². The quantitative estimate of drug-likeness (QED) is 0.331. The largest absolute Gasteiger partial charge is 0.361 e. The SMILES string of the molecule is CC/C=C1\NC=Cc2cc(Nc3cnc(C)cn3)nc(Nc3ccc(C4CCN(C5CC5)CC4)c(C)c3)c21. The highest BCUT2D eigenvalue weighted by molar-refractivity contribution is 5.87. The number of fused-ring (bicyclic) bond motifs is 1. The molecule has 1 aliphatic carbocycles. The summed E-state index contributed by atoms with van der Waals surface area (Å²) in [6.07, 6.45) is 16.0. The van der Waals surface area contributed by atoms with Crippen molar-refractivity contribution in [2.75, 3.05) is 23.7 Å². The summed E-state index contributed by atoms with van der Waals surface area (Å²) in [6.45, 7) is 8.81. The van der Waals surface area contributed by atoms with Crippen LogP contribution in [0.25, 0.3) is 11.8 Å². The van der Waals surface area contributed by atoms with Gasteiger partial charge in [-0.2, -0.15) is 0 Å². The van der Waals surface area contributed by atoms with Crippen molar-refractivity contribution in [2.24, 2.45) is 0 Å². The summed E-state index contributed by atoms with van der Waals surface area (Å²) in [7, 11) is 0. The van der Waals surface area contributed by atoms with Crippen molar-refractivity contribution in [2.45, 2.75) is 64.8 Å². The maximum atomic E-state index is 4.99. The highest BCUT2D eigenvalue weighted by atomic mass is 15.2. The van der Waals surface area contributed by atoms with Crippen molar-refractivity contribution in [1.82, 2.24) is 25.2 Å². The van der Waals surface area contributed by atoms with E-state index in [-0.39, 0.29) is 0 Å². The highest BCUT2D eigenvalue weighted by Crippen LogP contribution is 2.37. The molecule has 7 nitrogen and oxygen atoms in total. The molecule has 3 aromatic rings. The molecule has 196 valence electrons. The topological polar surface area (TPSA) is 78.0 Å². The van der Waals surface area contributed by atoms with Crippen molar-refractivity contribution in [1.29, 1.82) is 0 Å². The number of hydrogen-bond acceptors (Lipinski definition) is 7. The molecule has 6 rings (SSSR count). The number of nitrogens with zero attached hydrogens (tertiary/aromatic N) is 4. The number of benzene rings is 1. The number of likely N-dealkylation sites (tertiary alicyclic amines) is 1. The Balaban J connectivity index is 1.28. The zero-order valence-electron chi connectivity index (χ0n) is 22.6. The maximum absolute atomic E-state index is 4.99. The summed E-state index contributed by atoms with van der Waals surface area (Å²) < 4.78 is 0. The Labute approximate surface area is 225 Å². The van der Waals surface area contributed by atoms with Gasteiger partial charge in [0.2, 0.25) is 0 Å². The summed E-state index contributed by atoms with van der Waals surface area (Å²) in [6, 6.07) is 9.75. The molecular formula is C31H37N7. The van der Waals surface area contributed by atoms with Gasteiger partial charge in [0.1, 0.15) is 17.5 Å². The van der Waals surface area contributed by atoms with Gasteiger partial charge >= 0.3 is 0 Å². The lowest BCUT2D eigenvalue weighted by atomic mass is 9.86. The first kappa shape index (κ1) is 24.6. The Kier molecular flexibility index (Phi) is 6.85. The fraction of sp³-hybridized carbons (Fsp3) is 0.387. The molecule has 1 saturated carbocycles. The first-order valence-corrected chi connectivity index (χ1v) is 13.9. The highest BCUT2D eigenvalue weighted by Gasteiger charge is 2.32. The van der Waals surface area contributed by atoms with Crippen LogP contribution >= 0.6 is 0 Å². The van der Waals surface area contributed by atoms with Crippen molar-refractivity contribution < 1.29 is 0 Å². The molecule has 0 unspecified atom stereocenters. The molecule has 3 N–H and O–H groups in total. The van der Waals surface area contributed by atoms with Crippen LogP contribution in [0.15, 0.2) is 48.9 Å². The average molecular weight is 508 g/mol. The van der Waals surface area contributed by atoms with Crippen molar-refractivity contribution in [3.63, 3.8) is 0 Å². The van der Waals surface area contributed by atoms with Gasteiger partial charge in [0.05, 0.1) is 18.1 Å². The summed E-state index contributed by atoms with van der Waals surface area (Å²) >= 11 is 0. The van der Waals surface area contributed by atoms with Crippen LogP contribution in [0.5, 0.6) is 0 Å². The van der Waals surface area contributed by atoms with Gasteiger partial charge in [-0.1, -0.05) is 19.1 Å². The minimum absolute atomic E-state index is 0.654. The second kappa shape index (κ2) is 10.6. The molecule has 1 saturated heterocycles. The second-order valence-corrected chi connectivity index (χ2v) is 10.7. The lowest BCUT2D eigenvalue weighted by Crippen LogP contribution is -2.34. The van der Waals surface area contributed by atoms with Crippen LogP contribution in [0.1, 0.15) is 72.9 Å². The van der Waals surface area contributed by atoms with Gasteiger partial charge in [0.15, 0.2) is 0 Å². The number of aryl methyl sites for hydroxylation is 2. The lowest BCUT2D eigenvalue weighted by Gasteiger charge is -2.33. The van der Waals surface area contributed by atoms with Gasteiger partial charge in [-0.3, -0.25) is 4.98 Å². The van der Waals surface area contributed by atoms with E-state index in [2.05, 4.69) is 81.1 Å². The predicted molar refractivity (Wildman–Crippen MR) is 156 cm³/mol. The third kappa shape index (κ3) is 5.29. The standard InChI is InChI=1S/C31H37N7/c1-4-5-27-30-23(10-13-32-27)17-28(36-29-19-33-21(3)18-34-29)37-31(30)35-24-6-9-26(20(2)16-24)22-11-14-38(15-12-22)25-7-8-25/h5-6,9-10,13,16-19,22,25,32H,4,7-8,11-12,14-15H2,1-3H3,(H2,34,35,36,37)/b27-5-. The number of piperidine rings is 1. The normalized spacial score (nSPS) is 18.8. The number of pyridine rings is 1. The van der Waals surface area contributed by atoms with E-state index in [1.165, 1.54) is 49.9 Å².